The first-order valence-corrected chi connectivity index (χ1v) is 9.59. The number of hydrogen-bond acceptors (Lipinski definition) is 3. The zero-order valence-corrected chi connectivity index (χ0v) is 14.8. The zero-order valence-electron chi connectivity index (χ0n) is 14.0. The number of rotatable bonds is 4. The molecule has 0 bridgehead atoms. The first kappa shape index (κ1) is 16.6. The molecule has 2 saturated heterocycles. The SMILES string of the molecule is CCC1(CC)CCN(C2(CN)CSCC(C)(C)C2)CC1. The zero-order chi connectivity index (χ0) is 14.9. The van der Waals surface area contributed by atoms with E-state index in [1.54, 1.807) is 0 Å². The van der Waals surface area contributed by atoms with Crippen LogP contribution in [0.3, 0.4) is 0 Å². The maximum absolute atomic E-state index is 6.27. The summed E-state index contributed by atoms with van der Waals surface area (Å²) in [5, 5.41) is 0. The molecule has 2 rings (SSSR count). The average Bonchev–Trinajstić information content (AvgIpc) is 2.46. The fourth-order valence-electron chi connectivity index (χ4n) is 4.39. The highest BCUT2D eigenvalue weighted by atomic mass is 32.2. The summed E-state index contributed by atoms with van der Waals surface area (Å²) in [5.41, 5.74) is 7.58. The Balaban J connectivity index is 2.07. The second-order valence-corrected chi connectivity index (χ2v) is 8.94. The molecule has 0 spiro atoms. The molecular weight excluding hydrogens is 264 g/mol. The molecular formula is C17H34N2S. The van der Waals surface area contributed by atoms with Crippen molar-refractivity contribution in [3.8, 4) is 0 Å². The summed E-state index contributed by atoms with van der Waals surface area (Å²) < 4.78 is 0. The largest absolute Gasteiger partial charge is 0.329 e. The minimum atomic E-state index is 0.264. The number of thioether (sulfide) groups is 1. The van der Waals surface area contributed by atoms with E-state index in [0.29, 0.717) is 10.8 Å². The Morgan fingerprint density at radius 2 is 1.65 bits per heavy atom. The maximum Gasteiger partial charge on any atom is 0.0427 e. The van der Waals surface area contributed by atoms with Crippen LogP contribution in [0.5, 0.6) is 0 Å². The number of nitrogens with zero attached hydrogens (tertiary/aromatic N) is 1. The molecule has 2 fully saturated rings. The second-order valence-electron chi connectivity index (χ2n) is 7.96. The molecule has 0 aromatic heterocycles. The minimum absolute atomic E-state index is 0.264. The van der Waals surface area contributed by atoms with E-state index in [2.05, 4.69) is 44.4 Å². The number of piperidine rings is 1. The Hall–Kier alpha value is 0.270. The van der Waals surface area contributed by atoms with Crippen LogP contribution in [0.15, 0.2) is 0 Å². The number of likely N-dealkylation sites (tertiary alicyclic amines) is 1. The van der Waals surface area contributed by atoms with Crippen molar-refractivity contribution < 1.29 is 0 Å². The van der Waals surface area contributed by atoms with Gasteiger partial charge in [0.2, 0.25) is 0 Å². The lowest BCUT2D eigenvalue weighted by Crippen LogP contribution is -2.62. The van der Waals surface area contributed by atoms with Crippen LogP contribution in [0.4, 0.5) is 0 Å². The topological polar surface area (TPSA) is 29.3 Å². The molecule has 20 heavy (non-hydrogen) atoms. The van der Waals surface area contributed by atoms with Crippen molar-refractivity contribution in [2.45, 2.75) is 65.3 Å². The van der Waals surface area contributed by atoms with E-state index in [-0.39, 0.29) is 5.54 Å². The highest BCUT2D eigenvalue weighted by Gasteiger charge is 2.46. The molecule has 1 unspecified atom stereocenters. The Labute approximate surface area is 130 Å². The third-order valence-electron chi connectivity index (χ3n) is 6.05. The van der Waals surface area contributed by atoms with E-state index < -0.39 is 0 Å². The van der Waals surface area contributed by atoms with Crippen LogP contribution in [0.25, 0.3) is 0 Å². The molecule has 2 heterocycles. The van der Waals surface area contributed by atoms with Crippen LogP contribution in [0.1, 0.15) is 59.8 Å². The van der Waals surface area contributed by atoms with Gasteiger partial charge in [-0.25, -0.2) is 0 Å². The van der Waals surface area contributed by atoms with Gasteiger partial charge < -0.3 is 5.73 Å². The molecule has 2 aliphatic heterocycles. The Kier molecular flexibility index (Phi) is 5.14. The van der Waals surface area contributed by atoms with E-state index in [0.717, 1.165) is 6.54 Å². The lowest BCUT2D eigenvalue weighted by Gasteiger charge is -2.54. The standard InChI is InChI=1S/C17H34N2S/c1-5-16(6-2)7-9-19(10-8-16)17(12-18)11-15(3,4)13-20-14-17/h5-14,18H2,1-4H3. The summed E-state index contributed by atoms with van der Waals surface area (Å²) in [5.74, 6) is 2.52. The summed E-state index contributed by atoms with van der Waals surface area (Å²) in [6.45, 7) is 12.9. The normalized spacial score (nSPS) is 34.0. The molecule has 0 aromatic rings. The van der Waals surface area contributed by atoms with Crippen LogP contribution in [0.2, 0.25) is 0 Å². The van der Waals surface area contributed by atoms with Crippen LogP contribution in [-0.2, 0) is 0 Å². The van der Waals surface area contributed by atoms with Crippen LogP contribution in [-0.4, -0.2) is 41.6 Å². The first-order chi connectivity index (χ1) is 9.41. The Morgan fingerprint density at radius 3 is 2.10 bits per heavy atom. The Bertz CT molecular complexity index is 315. The Morgan fingerprint density at radius 1 is 1.05 bits per heavy atom. The van der Waals surface area contributed by atoms with Gasteiger partial charge in [0.15, 0.2) is 0 Å². The van der Waals surface area contributed by atoms with Crippen LogP contribution < -0.4 is 5.73 Å². The van der Waals surface area contributed by atoms with Crippen molar-refractivity contribution >= 4 is 11.8 Å². The molecule has 118 valence electrons. The predicted octanol–water partition coefficient (Wildman–Crippen LogP) is 3.75. The minimum Gasteiger partial charge on any atom is -0.329 e. The van der Waals surface area contributed by atoms with Gasteiger partial charge >= 0.3 is 0 Å². The van der Waals surface area contributed by atoms with Crippen molar-refractivity contribution in [2.24, 2.45) is 16.6 Å². The molecule has 1 atom stereocenters. The van der Waals surface area contributed by atoms with Crippen LogP contribution in [0, 0.1) is 10.8 Å². The van der Waals surface area contributed by atoms with E-state index in [1.807, 2.05) is 0 Å². The van der Waals surface area contributed by atoms with Gasteiger partial charge in [0, 0.05) is 17.8 Å². The maximum atomic E-state index is 6.27. The molecule has 0 amide bonds. The molecule has 0 aliphatic carbocycles. The van der Waals surface area contributed by atoms with Gasteiger partial charge in [0.1, 0.15) is 0 Å². The number of hydrogen-bond donors (Lipinski definition) is 1. The van der Waals surface area contributed by atoms with Crippen molar-refractivity contribution in [2.75, 3.05) is 31.1 Å². The van der Waals surface area contributed by atoms with Gasteiger partial charge in [0.25, 0.3) is 0 Å². The third kappa shape index (κ3) is 3.20. The van der Waals surface area contributed by atoms with Crippen molar-refractivity contribution in [1.29, 1.82) is 0 Å². The monoisotopic (exact) mass is 298 g/mol. The van der Waals surface area contributed by atoms with Crippen LogP contribution >= 0.6 is 11.8 Å². The van der Waals surface area contributed by atoms with E-state index >= 15 is 0 Å². The molecule has 0 aromatic carbocycles. The van der Waals surface area contributed by atoms with Gasteiger partial charge in [-0.05, 0) is 48.9 Å². The van der Waals surface area contributed by atoms with E-state index in [9.17, 15) is 0 Å². The lowest BCUT2D eigenvalue weighted by atomic mass is 9.72. The molecule has 2 aliphatic rings. The molecule has 2 nitrogen and oxygen atoms in total. The van der Waals surface area contributed by atoms with Crippen molar-refractivity contribution in [1.82, 2.24) is 4.90 Å². The summed E-state index contributed by atoms with van der Waals surface area (Å²) in [6.07, 6.45) is 6.69. The molecule has 3 heteroatoms. The summed E-state index contributed by atoms with van der Waals surface area (Å²) in [7, 11) is 0. The number of nitrogens with two attached hydrogens (primary N) is 1. The van der Waals surface area contributed by atoms with Crippen molar-refractivity contribution in [3.63, 3.8) is 0 Å². The third-order valence-corrected chi connectivity index (χ3v) is 7.77. The van der Waals surface area contributed by atoms with Gasteiger partial charge in [-0.2, -0.15) is 11.8 Å². The van der Waals surface area contributed by atoms with E-state index in [1.165, 1.54) is 56.7 Å². The average molecular weight is 299 g/mol. The second kappa shape index (κ2) is 6.18. The highest BCUT2D eigenvalue weighted by Crippen LogP contribution is 2.45. The van der Waals surface area contributed by atoms with Gasteiger partial charge in [-0.3, -0.25) is 4.90 Å². The predicted molar refractivity (Wildman–Crippen MR) is 91.3 cm³/mol. The first-order valence-electron chi connectivity index (χ1n) is 8.44. The molecule has 0 radical (unpaired) electrons. The van der Waals surface area contributed by atoms with Gasteiger partial charge in [-0.1, -0.05) is 40.5 Å². The smallest absolute Gasteiger partial charge is 0.0427 e. The summed E-state index contributed by atoms with van der Waals surface area (Å²) in [4.78, 5) is 2.75. The van der Waals surface area contributed by atoms with E-state index in [4.69, 9.17) is 5.73 Å². The van der Waals surface area contributed by atoms with Gasteiger partial charge in [0.05, 0.1) is 0 Å². The molecule has 2 N–H and O–H groups in total. The highest BCUT2D eigenvalue weighted by molar-refractivity contribution is 7.99. The van der Waals surface area contributed by atoms with Crippen molar-refractivity contribution in [3.05, 3.63) is 0 Å². The quantitative estimate of drug-likeness (QED) is 0.857. The summed E-state index contributed by atoms with van der Waals surface area (Å²) in [6, 6.07) is 0. The molecule has 0 saturated carbocycles. The fourth-order valence-corrected chi connectivity index (χ4v) is 5.93. The van der Waals surface area contributed by atoms with Gasteiger partial charge in [-0.15, -0.1) is 0 Å². The fraction of sp³-hybridized carbons (Fsp3) is 1.00. The lowest BCUT2D eigenvalue weighted by molar-refractivity contribution is 0.00564. The summed E-state index contributed by atoms with van der Waals surface area (Å²) >= 11 is 2.12.